The van der Waals surface area contributed by atoms with Crippen LogP contribution in [0.3, 0.4) is 0 Å². The maximum absolute atomic E-state index is 10.6. The third-order valence-corrected chi connectivity index (χ3v) is 2.71. The van der Waals surface area contributed by atoms with Gasteiger partial charge in [0.25, 0.3) is 0 Å². The molecule has 0 saturated carbocycles. The van der Waals surface area contributed by atoms with Crippen molar-refractivity contribution in [2.45, 2.75) is 19.9 Å². The van der Waals surface area contributed by atoms with Crippen molar-refractivity contribution >= 4 is 5.97 Å². The van der Waals surface area contributed by atoms with Crippen molar-refractivity contribution in [3.05, 3.63) is 47.0 Å². The summed E-state index contributed by atoms with van der Waals surface area (Å²) in [6.45, 7) is 4.06. The van der Waals surface area contributed by atoms with Crippen LogP contribution in [0.2, 0.25) is 0 Å². The summed E-state index contributed by atoms with van der Waals surface area (Å²) < 4.78 is 0. The van der Waals surface area contributed by atoms with Gasteiger partial charge < -0.3 is 10.4 Å². The first-order chi connectivity index (χ1) is 8.54. The van der Waals surface area contributed by atoms with Gasteiger partial charge in [-0.05, 0) is 31.5 Å². The second kappa shape index (κ2) is 6.58. The van der Waals surface area contributed by atoms with E-state index in [4.69, 9.17) is 10.4 Å². The van der Waals surface area contributed by atoms with E-state index in [0.29, 0.717) is 17.7 Å². The molecule has 1 rings (SSSR count). The lowest BCUT2D eigenvalue weighted by atomic mass is 10.1. The van der Waals surface area contributed by atoms with Crippen molar-refractivity contribution in [3.8, 4) is 6.07 Å². The number of carboxylic acids is 1. The van der Waals surface area contributed by atoms with Crippen LogP contribution in [0.4, 0.5) is 0 Å². The molecule has 94 valence electrons. The quantitative estimate of drug-likeness (QED) is 0.779. The Bertz CT molecular complexity index is 484. The van der Waals surface area contributed by atoms with Gasteiger partial charge in [-0.2, -0.15) is 5.26 Å². The molecular formula is C14H16N2O2. The van der Waals surface area contributed by atoms with Crippen LogP contribution in [0, 0.1) is 11.3 Å². The average Bonchev–Trinajstić information content (AvgIpc) is 2.38. The Morgan fingerprint density at radius 3 is 2.61 bits per heavy atom. The van der Waals surface area contributed by atoms with Crippen LogP contribution in [0.25, 0.3) is 0 Å². The summed E-state index contributed by atoms with van der Waals surface area (Å²) in [5.74, 6) is -0.900. The van der Waals surface area contributed by atoms with Crippen molar-refractivity contribution < 1.29 is 9.90 Å². The maximum Gasteiger partial charge on any atom is 0.330 e. The minimum atomic E-state index is -0.900. The first kappa shape index (κ1) is 13.9. The van der Waals surface area contributed by atoms with Crippen LogP contribution in [-0.4, -0.2) is 17.6 Å². The van der Waals surface area contributed by atoms with Crippen molar-refractivity contribution in [2.24, 2.45) is 0 Å². The lowest BCUT2D eigenvalue weighted by Crippen LogP contribution is -2.19. The number of benzene rings is 1. The molecule has 0 aliphatic rings. The second-order valence-corrected chi connectivity index (χ2v) is 4.06. The van der Waals surface area contributed by atoms with Gasteiger partial charge in [0.15, 0.2) is 0 Å². The summed E-state index contributed by atoms with van der Waals surface area (Å²) in [4.78, 5) is 10.6. The highest BCUT2D eigenvalue weighted by molar-refractivity contribution is 5.85. The predicted molar refractivity (Wildman–Crippen MR) is 69.0 cm³/mol. The zero-order valence-corrected chi connectivity index (χ0v) is 10.5. The van der Waals surface area contributed by atoms with Crippen LogP contribution in [0.5, 0.6) is 0 Å². The summed E-state index contributed by atoms with van der Waals surface area (Å²) >= 11 is 0. The van der Waals surface area contributed by atoms with Gasteiger partial charge in [-0.1, -0.05) is 18.2 Å². The number of aliphatic carboxylic acids is 1. The van der Waals surface area contributed by atoms with E-state index in [1.54, 1.807) is 25.1 Å². The highest BCUT2D eigenvalue weighted by Crippen LogP contribution is 2.12. The second-order valence-electron chi connectivity index (χ2n) is 4.06. The molecule has 0 heterocycles. The topological polar surface area (TPSA) is 73.1 Å². The van der Waals surface area contributed by atoms with Crippen molar-refractivity contribution in [2.75, 3.05) is 6.54 Å². The molecule has 4 nitrogen and oxygen atoms in total. The zero-order valence-electron chi connectivity index (χ0n) is 10.5. The van der Waals surface area contributed by atoms with E-state index in [1.807, 2.05) is 19.1 Å². The van der Waals surface area contributed by atoms with E-state index in [1.165, 1.54) is 0 Å². The van der Waals surface area contributed by atoms with E-state index >= 15 is 0 Å². The van der Waals surface area contributed by atoms with Gasteiger partial charge in [0.2, 0.25) is 0 Å². The summed E-state index contributed by atoms with van der Waals surface area (Å²) in [6, 6.07) is 9.50. The fourth-order valence-corrected chi connectivity index (χ4v) is 1.44. The lowest BCUT2D eigenvalue weighted by Gasteiger charge is -2.12. The highest BCUT2D eigenvalue weighted by Gasteiger charge is 2.04. The minimum Gasteiger partial charge on any atom is -0.478 e. The van der Waals surface area contributed by atoms with Crippen LogP contribution in [-0.2, 0) is 4.79 Å². The molecular weight excluding hydrogens is 228 g/mol. The number of hydrogen-bond donors (Lipinski definition) is 2. The average molecular weight is 244 g/mol. The molecule has 0 aromatic heterocycles. The van der Waals surface area contributed by atoms with E-state index in [9.17, 15) is 4.79 Å². The van der Waals surface area contributed by atoms with Gasteiger partial charge in [-0.3, -0.25) is 0 Å². The first-order valence-corrected chi connectivity index (χ1v) is 5.68. The molecule has 0 aliphatic carbocycles. The Balaban J connectivity index is 2.55. The number of rotatable bonds is 5. The molecule has 1 unspecified atom stereocenters. The number of nitrogens with zero attached hydrogens (tertiary/aromatic N) is 1. The molecule has 0 aliphatic heterocycles. The van der Waals surface area contributed by atoms with Gasteiger partial charge in [0.05, 0.1) is 11.6 Å². The standard InChI is InChI=1S/C14H16N2O2/c1-10(14(17)18)7-8-16-11(2)13-5-3-12(9-15)4-6-13/h3-7,11,16H,8H2,1-2H3,(H,17,18)/b10-7-. The molecule has 1 aromatic carbocycles. The Hall–Kier alpha value is -2.12. The molecule has 0 amide bonds. The molecule has 0 saturated heterocycles. The van der Waals surface area contributed by atoms with Gasteiger partial charge in [0.1, 0.15) is 0 Å². The molecule has 1 aromatic rings. The summed E-state index contributed by atoms with van der Waals surface area (Å²) in [5.41, 5.74) is 2.03. The van der Waals surface area contributed by atoms with E-state index < -0.39 is 5.97 Å². The summed E-state index contributed by atoms with van der Waals surface area (Å²) in [7, 11) is 0. The Morgan fingerprint density at radius 1 is 1.50 bits per heavy atom. The number of nitrogens with one attached hydrogen (secondary N) is 1. The minimum absolute atomic E-state index is 0.107. The summed E-state index contributed by atoms with van der Waals surface area (Å²) in [6.07, 6.45) is 1.64. The highest BCUT2D eigenvalue weighted by atomic mass is 16.4. The largest absolute Gasteiger partial charge is 0.478 e. The van der Waals surface area contributed by atoms with E-state index in [-0.39, 0.29) is 6.04 Å². The first-order valence-electron chi connectivity index (χ1n) is 5.68. The van der Waals surface area contributed by atoms with E-state index in [0.717, 1.165) is 5.56 Å². The van der Waals surface area contributed by atoms with Crippen LogP contribution in [0.15, 0.2) is 35.9 Å². The molecule has 0 fully saturated rings. The molecule has 0 radical (unpaired) electrons. The van der Waals surface area contributed by atoms with Crippen molar-refractivity contribution in [1.29, 1.82) is 5.26 Å². The molecule has 4 heteroatoms. The summed E-state index contributed by atoms with van der Waals surface area (Å²) in [5, 5.41) is 20.6. The number of nitriles is 1. The lowest BCUT2D eigenvalue weighted by molar-refractivity contribution is -0.132. The zero-order chi connectivity index (χ0) is 13.5. The van der Waals surface area contributed by atoms with Crippen LogP contribution < -0.4 is 5.32 Å². The van der Waals surface area contributed by atoms with Gasteiger partial charge in [-0.15, -0.1) is 0 Å². The third kappa shape index (κ3) is 4.04. The molecule has 1 atom stereocenters. The molecule has 2 N–H and O–H groups in total. The Labute approximate surface area is 107 Å². The van der Waals surface area contributed by atoms with Gasteiger partial charge in [0, 0.05) is 18.2 Å². The number of carboxylic acid groups (broad SMARTS) is 1. The fraction of sp³-hybridized carbons (Fsp3) is 0.286. The number of carbonyl (C=O) groups is 1. The molecule has 0 bridgehead atoms. The third-order valence-electron chi connectivity index (χ3n) is 2.71. The van der Waals surface area contributed by atoms with E-state index in [2.05, 4.69) is 11.4 Å². The normalized spacial score (nSPS) is 12.8. The smallest absolute Gasteiger partial charge is 0.330 e. The monoisotopic (exact) mass is 244 g/mol. The Morgan fingerprint density at radius 2 is 2.11 bits per heavy atom. The maximum atomic E-state index is 10.6. The predicted octanol–water partition coefficient (Wildman–Crippen LogP) is 2.24. The van der Waals surface area contributed by atoms with Crippen LogP contribution in [0.1, 0.15) is 31.0 Å². The van der Waals surface area contributed by atoms with Crippen molar-refractivity contribution in [3.63, 3.8) is 0 Å². The van der Waals surface area contributed by atoms with Crippen LogP contribution >= 0.6 is 0 Å². The Kier molecular flexibility index (Phi) is 5.09. The molecule has 0 spiro atoms. The SMILES string of the molecule is C/C(=C/CNC(C)c1ccc(C#N)cc1)C(=O)O. The number of hydrogen-bond acceptors (Lipinski definition) is 3. The van der Waals surface area contributed by atoms with Gasteiger partial charge in [-0.25, -0.2) is 4.79 Å². The van der Waals surface area contributed by atoms with Gasteiger partial charge >= 0.3 is 5.97 Å². The molecule has 18 heavy (non-hydrogen) atoms. The van der Waals surface area contributed by atoms with Crippen molar-refractivity contribution in [1.82, 2.24) is 5.32 Å². The fourth-order valence-electron chi connectivity index (χ4n) is 1.44.